The second-order valence-electron chi connectivity index (χ2n) is 3.94. The molecule has 2 aromatic rings. The topological polar surface area (TPSA) is 9.23 Å². The van der Waals surface area contributed by atoms with Gasteiger partial charge in [-0.05, 0) is 24.6 Å². The highest BCUT2D eigenvalue weighted by Crippen LogP contribution is 2.39. The summed E-state index contributed by atoms with van der Waals surface area (Å²) in [5, 5.41) is 0. The highest BCUT2D eigenvalue weighted by Gasteiger charge is 2.18. The van der Waals surface area contributed by atoms with E-state index in [0.717, 1.165) is 11.3 Å². The number of benzene rings is 1. The molecule has 1 nitrogen and oxygen atoms in total. The number of para-hydroxylation sites is 1. The maximum atomic E-state index is 12.4. The Morgan fingerprint density at radius 1 is 1.21 bits per heavy atom. The summed E-state index contributed by atoms with van der Waals surface area (Å²) in [4.78, 5) is 2.22. The first-order valence-corrected chi connectivity index (χ1v) is 7.61. The van der Waals surface area contributed by atoms with Crippen molar-refractivity contribution in [3.05, 3.63) is 51.7 Å². The van der Waals surface area contributed by atoms with Gasteiger partial charge in [0.2, 0.25) is 0 Å². The Kier molecular flexibility index (Phi) is 4.93. The summed E-state index contributed by atoms with van der Waals surface area (Å²) >= 11 is 5.24. The Morgan fingerprint density at radius 2 is 1.95 bits per heavy atom. The van der Waals surface area contributed by atoms with Crippen LogP contribution in [0.1, 0.15) is 27.1 Å². The second-order valence-corrected chi connectivity index (χ2v) is 6.05. The number of hydrogen-bond donors (Lipinski definition) is 0. The zero-order chi connectivity index (χ0) is 13.8. The minimum Gasteiger partial charge on any atom is -0.434 e. The Bertz CT molecular complexity index is 542. The maximum Gasteiger partial charge on any atom is 0.387 e. The fraction of sp³-hybridized carbons (Fsp3) is 0.286. The lowest BCUT2D eigenvalue weighted by atomic mass is 10.1. The molecule has 1 aromatic heterocycles. The van der Waals surface area contributed by atoms with Gasteiger partial charge in [0.25, 0.3) is 0 Å². The number of ether oxygens (including phenoxy) is 1. The summed E-state index contributed by atoms with van der Waals surface area (Å²) in [5.41, 5.74) is 0.715. The molecule has 5 heteroatoms. The quantitative estimate of drug-likeness (QED) is 0.659. The van der Waals surface area contributed by atoms with Gasteiger partial charge in [-0.15, -0.1) is 11.3 Å². The minimum absolute atomic E-state index is 0.132. The highest BCUT2D eigenvalue weighted by atomic mass is 79.9. The summed E-state index contributed by atoms with van der Waals surface area (Å²) in [6.07, 6.45) is 0.972. The van der Waals surface area contributed by atoms with Gasteiger partial charge >= 0.3 is 6.61 Å². The van der Waals surface area contributed by atoms with Crippen molar-refractivity contribution in [3.63, 3.8) is 0 Å². The third-order valence-electron chi connectivity index (χ3n) is 2.69. The molecule has 0 aliphatic rings. The SMILES string of the molecule is CCc1ccc(C(Br)c2ccccc2OC(F)F)s1. The Morgan fingerprint density at radius 3 is 2.58 bits per heavy atom. The molecule has 1 unspecified atom stereocenters. The molecule has 0 aliphatic carbocycles. The zero-order valence-electron chi connectivity index (χ0n) is 10.3. The van der Waals surface area contributed by atoms with Crippen LogP contribution in [0.3, 0.4) is 0 Å². The van der Waals surface area contributed by atoms with Crippen LogP contribution >= 0.6 is 27.3 Å². The van der Waals surface area contributed by atoms with Gasteiger partial charge in [-0.3, -0.25) is 0 Å². The van der Waals surface area contributed by atoms with E-state index in [4.69, 9.17) is 0 Å². The van der Waals surface area contributed by atoms with Crippen LogP contribution in [0.2, 0.25) is 0 Å². The molecule has 0 bridgehead atoms. The van der Waals surface area contributed by atoms with Crippen LogP contribution in [-0.4, -0.2) is 6.61 Å². The number of thiophene rings is 1. The van der Waals surface area contributed by atoms with E-state index >= 15 is 0 Å². The Labute approximate surface area is 123 Å². The van der Waals surface area contributed by atoms with Crippen molar-refractivity contribution >= 4 is 27.3 Å². The van der Waals surface area contributed by atoms with Crippen LogP contribution in [0.25, 0.3) is 0 Å². The molecule has 19 heavy (non-hydrogen) atoms. The summed E-state index contributed by atoms with van der Waals surface area (Å²) < 4.78 is 29.3. The van der Waals surface area contributed by atoms with E-state index in [9.17, 15) is 8.78 Å². The van der Waals surface area contributed by atoms with Crippen molar-refractivity contribution in [1.82, 2.24) is 0 Å². The van der Waals surface area contributed by atoms with Crippen molar-refractivity contribution in [1.29, 1.82) is 0 Å². The monoisotopic (exact) mass is 346 g/mol. The molecule has 1 atom stereocenters. The average molecular weight is 347 g/mol. The van der Waals surface area contributed by atoms with E-state index in [2.05, 4.69) is 33.7 Å². The standard InChI is InChI=1S/C14H13BrF2OS/c1-2-9-7-8-12(19-9)13(15)10-5-3-4-6-11(10)18-14(16)17/h3-8,13-14H,2H2,1H3. The lowest BCUT2D eigenvalue weighted by Crippen LogP contribution is -2.05. The van der Waals surface area contributed by atoms with Crippen molar-refractivity contribution in [2.24, 2.45) is 0 Å². The fourth-order valence-electron chi connectivity index (χ4n) is 1.77. The average Bonchev–Trinajstić information content (AvgIpc) is 2.86. The van der Waals surface area contributed by atoms with E-state index in [1.54, 1.807) is 29.5 Å². The summed E-state index contributed by atoms with van der Waals surface area (Å²) in [5.74, 6) is 0.214. The molecule has 102 valence electrons. The van der Waals surface area contributed by atoms with Gasteiger partial charge in [0.1, 0.15) is 5.75 Å². The fourth-order valence-corrected chi connectivity index (χ4v) is 3.53. The minimum atomic E-state index is -2.81. The Hall–Kier alpha value is -0.940. The van der Waals surface area contributed by atoms with Crippen LogP contribution in [0.5, 0.6) is 5.75 Å². The molecule has 0 saturated heterocycles. The number of alkyl halides is 3. The first-order chi connectivity index (χ1) is 9.11. The normalized spacial score (nSPS) is 12.7. The van der Waals surface area contributed by atoms with E-state index in [1.807, 2.05) is 12.1 Å². The van der Waals surface area contributed by atoms with Gasteiger partial charge in [-0.2, -0.15) is 8.78 Å². The number of aryl methyl sites for hydroxylation is 1. The van der Waals surface area contributed by atoms with Crippen LogP contribution in [0.15, 0.2) is 36.4 Å². The number of halogens is 3. The molecule has 0 saturated carbocycles. The summed E-state index contributed by atoms with van der Waals surface area (Å²) in [6.45, 7) is -0.720. The highest BCUT2D eigenvalue weighted by molar-refractivity contribution is 9.09. The van der Waals surface area contributed by atoms with Crippen molar-refractivity contribution < 1.29 is 13.5 Å². The van der Waals surface area contributed by atoms with Crippen molar-refractivity contribution in [2.45, 2.75) is 24.8 Å². The third kappa shape index (κ3) is 3.54. The molecule has 1 heterocycles. The van der Waals surface area contributed by atoms with Gasteiger partial charge in [0.05, 0.1) is 4.83 Å². The zero-order valence-corrected chi connectivity index (χ0v) is 12.7. The summed E-state index contributed by atoms with van der Waals surface area (Å²) in [6, 6.07) is 10.9. The van der Waals surface area contributed by atoms with Gasteiger partial charge in [-0.25, -0.2) is 0 Å². The van der Waals surface area contributed by atoms with Crippen LogP contribution < -0.4 is 4.74 Å². The third-order valence-corrected chi connectivity index (χ3v) is 5.27. The molecule has 0 spiro atoms. The molecule has 0 N–H and O–H groups in total. The molecule has 1 aromatic carbocycles. The van der Waals surface area contributed by atoms with E-state index in [1.165, 1.54) is 4.88 Å². The predicted octanol–water partition coefficient (Wildman–Crippen LogP) is 5.40. The van der Waals surface area contributed by atoms with E-state index in [0.29, 0.717) is 5.56 Å². The molecule has 2 rings (SSSR count). The predicted molar refractivity (Wildman–Crippen MR) is 77.5 cm³/mol. The molecule has 0 radical (unpaired) electrons. The second kappa shape index (κ2) is 6.48. The molecule has 0 fully saturated rings. The van der Waals surface area contributed by atoms with Gasteiger partial charge in [-0.1, -0.05) is 41.1 Å². The molecule has 0 amide bonds. The van der Waals surface area contributed by atoms with Crippen LogP contribution in [0, 0.1) is 0 Å². The first kappa shape index (κ1) is 14.5. The largest absolute Gasteiger partial charge is 0.434 e. The smallest absolute Gasteiger partial charge is 0.387 e. The van der Waals surface area contributed by atoms with Crippen LogP contribution in [0.4, 0.5) is 8.78 Å². The number of hydrogen-bond acceptors (Lipinski definition) is 2. The van der Waals surface area contributed by atoms with Gasteiger partial charge in [0.15, 0.2) is 0 Å². The van der Waals surface area contributed by atoms with Crippen LogP contribution in [-0.2, 0) is 6.42 Å². The molecular formula is C14H13BrF2OS. The first-order valence-electron chi connectivity index (χ1n) is 5.88. The Balaban J connectivity index is 2.29. The molecular weight excluding hydrogens is 334 g/mol. The van der Waals surface area contributed by atoms with E-state index < -0.39 is 6.61 Å². The van der Waals surface area contributed by atoms with E-state index in [-0.39, 0.29) is 10.6 Å². The van der Waals surface area contributed by atoms with Crippen molar-refractivity contribution in [2.75, 3.05) is 0 Å². The van der Waals surface area contributed by atoms with Gasteiger partial charge in [0, 0.05) is 15.3 Å². The molecule has 0 aliphatic heterocycles. The number of rotatable bonds is 5. The maximum absolute atomic E-state index is 12.4. The summed E-state index contributed by atoms with van der Waals surface area (Å²) in [7, 11) is 0. The lowest BCUT2D eigenvalue weighted by Gasteiger charge is -2.14. The lowest BCUT2D eigenvalue weighted by molar-refractivity contribution is -0.0503. The van der Waals surface area contributed by atoms with Crippen molar-refractivity contribution in [3.8, 4) is 5.75 Å². The van der Waals surface area contributed by atoms with Gasteiger partial charge < -0.3 is 4.74 Å².